The molecule has 2 amide bonds. The first-order chi connectivity index (χ1) is 12.3. The summed E-state index contributed by atoms with van der Waals surface area (Å²) >= 11 is 11.8. The number of nitrogens with one attached hydrogen (secondary N) is 1. The van der Waals surface area contributed by atoms with E-state index >= 15 is 0 Å². The van der Waals surface area contributed by atoms with Crippen molar-refractivity contribution in [2.24, 2.45) is 0 Å². The summed E-state index contributed by atoms with van der Waals surface area (Å²) in [5, 5.41) is 12.7. The fourth-order valence-electron chi connectivity index (χ4n) is 2.74. The van der Waals surface area contributed by atoms with Crippen LogP contribution in [-0.2, 0) is 9.59 Å². The van der Waals surface area contributed by atoms with Crippen molar-refractivity contribution in [3.8, 4) is 0 Å². The molecule has 1 atom stereocenters. The molecule has 1 heterocycles. The van der Waals surface area contributed by atoms with Gasteiger partial charge in [0.15, 0.2) is 0 Å². The van der Waals surface area contributed by atoms with Gasteiger partial charge < -0.3 is 10.4 Å². The third kappa shape index (κ3) is 3.38. The molecule has 8 heteroatoms. The maximum atomic E-state index is 12.7. The van der Waals surface area contributed by atoms with Gasteiger partial charge in [-0.3, -0.25) is 9.59 Å². The van der Waals surface area contributed by atoms with Crippen LogP contribution in [0.1, 0.15) is 22.3 Å². The molecule has 6 nitrogen and oxygen atoms in total. The number of nitrogens with zero attached hydrogens (tertiary/aromatic N) is 1. The Balaban J connectivity index is 1.86. The third-order valence-electron chi connectivity index (χ3n) is 4.12. The SMILES string of the molecule is Cc1ccc(C(=O)O)cc1N[C@@H]1CC(=O)N(c2ccc(Cl)c(Cl)c2)C1=O. The number of anilines is 2. The summed E-state index contributed by atoms with van der Waals surface area (Å²) in [5.74, 6) is -1.88. The van der Waals surface area contributed by atoms with E-state index in [1.165, 1.54) is 24.3 Å². The zero-order valence-corrected chi connectivity index (χ0v) is 15.1. The summed E-state index contributed by atoms with van der Waals surface area (Å²) in [7, 11) is 0. The lowest BCUT2D eigenvalue weighted by atomic mass is 10.1. The zero-order chi connectivity index (χ0) is 19.0. The predicted molar refractivity (Wildman–Crippen MR) is 99.1 cm³/mol. The van der Waals surface area contributed by atoms with Crippen molar-refractivity contribution < 1.29 is 19.5 Å². The van der Waals surface area contributed by atoms with Crippen LogP contribution in [0.2, 0.25) is 10.0 Å². The van der Waals surface area contributed by atoms with E-state index in [0.29, 0.717) is 16.4 Å². The number of carboxylic acid groups (broad SMARTS) is 1. The minimum atomic E-state index is -1.07. The van der Waals surface area contributed by atoms with E-state index in [9.17, 15) is 14.4 Å². The van der Waals surface area contributed by atoms with Gasteiger partial charge in [-0.15, -0.1) is 0 Å². The average molecular weight is 393 g/mol. The molecule has 0 saturated carbocycles. The Morgan fingerprint density at radius 3 is 2.54 bits per heavy atom. The lowest BCUT2D eigenvalue weighted by Gasteiger charge is -2.17. The van der Waals surface area contributed by atoms with E-state index in [4.69, 9.17) is 28.3 Å². The molecule has 134 valence electrons. The van der Waals surface area contributed by atoms with Crippen molar-refractivity contribution in [2.45, 2.75) is 19.4 Å². The summed E-state index contributed by atoms with van der Waals surface area (Å²) in [4.78, 5) is 37.2. The monoisotopic (exact) mass is 392 g/mol. The highest BCUT2D eigenvalue weighted by molar-refractivity contribution is 6.42. The lowest BCUT2D eigenvalue weighted by molar-refractivity contribution is -0.121. The zero-order valence-electron chi connectivity index (χ0n) is 13.6. The van der Waals surface area contributed by atoms with Gasteiger partial charge in [0.25, 0.3) is 5.91 Å². The van der Waals surface area contributed by atoms with Crippen LogP contribution in [0.3, 0.4) is 0 Å². The lowest BCUT2D eigenvalue weighted by Crippen LogP contribution is -2.35. The van der Waals surface area contributed by atoms with Gasteiger partial charge in [0.05, 0.1) is 27.7 Å². The molecular weight excluding hydrogens is 379 g/mol. The van der Waals surface area contributed by atoms with Crippen molar-refractivity contribution in [1.82, 2.24) is 0 Å². The Hall–Kier alpha value is -2.57. The van der Waals surface area contributed by atoms with E-state index in [0.717, 1.165) is 10.5 Å². The van der Waals surface area contributed by atoms with E-state index in [-0.39, 0.29) is 22.9 Å². The molecule has 0 radical (unpaired) electrons. The molecule has 26 heavy (non-hydrogen) atoms. The fourth-order valence-corrected chi connectivity index (χ4v) is 3.03. The number of aromatic carboxylic acids is 1. The van der Waals surface area contributed by atoms with Gasteiger partial charge in [-0.05, 0) is 42.8 Å². The van der Waals surface area contributed by atoms with Crippen LogP contribution in [0.5, 0.6) is 0 Å². The van der Waals surface area contributed by atoms with Crippen molar-refractivity contribution in [2.75, 3.05) is 10.2 Å². The van der Waals surface area contributed by atoms with Crippen LogP contribution in [0.4, 0.5) is 11.4 Å². The maximum Gasteiger partial charge on any atom is 0.335 e. The van der Waals surface area contributed by atoms with Crippen LogP contribution in [0.15, 0.2) is 36.4 Å². The molecule has 3 rings (SSSR count). The summed E-state index contributed by atoms with van der Waals surface area (Å²) < 4.78 is 0. The second kappa shape index (κ2) is 6.97. The van der Waals surface area contributed by atoms with Gasteiger partial charge in [0.1, 0.15) is 6.04 Å². The standard InChI is InChI=1S/C18H14Cl2N2O4/c1-9-2-3-10(18(25)26)6-14(9)21-15-8-16(23)22(17(15)24)11-4-5-12(19)13(20)7-11/h2-7,15,21H,8H2,1H3,(H,25,26)/t15-/m1/s1. The number of rotatable bonds is 4. The Morgan fingerprint density at radius 1 is 1.15 bits per heavy atom. The third-order valence-corrected chi connectivity index (χ3v) is 4.86. The molecule has 0 aromatic heterocycles. The van der Waals surface area contributed by atoms with Gasteiger partial charge in [0, 0.05) is 5.69 Å². The van der Waals surface area contributed by atoms with E-state index < -0.39 is 17.9 Å². The number of aryl methyl sites for hydroxylation is 1. The first-order valence-electron chi connectivity index (χ1n) is 7.70. The van der Waals surface area contributed by atoms with E-state index in [2.05, 4.69) is 5.32 Å². The van der Waals surface area contributed by atoms with Crippen LogP contribution >= 0.6 is 23.2 Å². The highest BCUT2D eigenvalue weighted by Gasteiger charge is 2.40. The van der Waals surface area contributed by atoms with Crippen LogP contribution < -0.4 is 10.2 Å². The minimum absolute atomic E-state index is 0.0458. The van der Waals surface area contributed by atoms with Gasteiger partial charge in [-0.25, -0.2) is 9.69 Å². The molecule has 0 spiro atoms. The Labute approximate surface area is 159 Å². The van der Waals surface area contributed by atoms with Gasteiger partial charge in [0.2, 0.25) is 5.91 Å². The maximum absolute atomic E-state index is 12.7. The van der Waals surface area contributed by atoms with Crippen LogP contribution in [-0.4, -0.2) is 28.9 Å². The topological polar surface area (TPSA) is 86.7 Å². The molecule has 2 aromatic rings. The number of hydrogen-bond donors (Lipinski definition) is 2. The van der Waals surface area contributed by atoms with Crippen molar-refractivity contribution >= 4 is 52.4 Å². The number of benzene rings is 2. The number of carbonyl (C=O) groups is 3. The summed E-state index contributed by atoms with van der Waals surface area (Å²) in [6.45, 7) is 1.78. The first-order valence-corrected chi connectivity index (χ1v) is 8.46. The Kier molecular flexibility index (Phi) is 4.89. The average Bonchev–Trinajstić information content (AvgIpc) is 2.86. The minimum Gasteiger partial charge on any atom is -0.478 e. The highest BCUT2D eigenvalue weighted by Crippen LogP contribution is 2.31. The molecule has 1 aliphatic heterocycles. The van der Waals surface area contributed by atoms with Crippen LogP contribution in [0, 0.1) is 6.92 Å². The second-order valence-corrected chi connectivity index (χ2v) is 6.72. The Morgan fingerprint density at radius 2 is 1.88 bits per heavy atom. The smallest absolute Gasteiger partial charge is 0.335 e. The highest BCUT2D eigenvalue weighted by atomic mass is 35.5. The van der Waals surface area contributed by atoms with Crippen molar-refractivity contribution in [3.05, 3.63) is 57.6 Å². The van der Waals surface area contributed by atoms with Gasteiger partial charge >= 0.3 is 5.97 Å². The summed E-state index contributed by atoms with van der Waals surface area (Å²) in [6.07, 6.45) is -0.0458. The normalized spacial score (nSPS) is 16.9. The summed E-state index contributed by atoms with van der Waals surface area (Å²) in [6, 6.07) is 8.29. The molecule has 1 saturated heterocycles. The van der Waals surface area contributed by atoms with Gasteiger partial charge in [-0.2, -0.15) is 0 Å². The second-order valence-electron chi connectivity index (χ2n) is 5.90. The molecule has 1 aliphatic rings. The fraction of sp³-hybridized carbons (Fsp3) is 0.167. The summed E-state index contributed by atoms with van der Waals surface area (Å²) in [5.41, 5.74) is 1.70. The molecular formula is C18H14Cl2N2O4. The molecule has 2 aromatic carbocycles. The first kappa shape index (κ1) is 18.2. The van der Waals surface area contributed by atoms with Crippen molar-refractivity contribution in [3.63, 3.8) is 0 Å². The molecule has 1 fully saturated rings. The number of hydrogen-bond acceptors (Lipinski definition) is 4. The number of carbonyl (C=O) groups excluding carboxylic acids is 2. The van der Waals surface area contributed by atoms with E-state index in [1.54, 1.807) is 19.1 Å². The molecule has 0 unspecified atom stereocenters. The molecule has 0 bridgehead atoms. The van der Waals surface area contributed by atoms with Crippen LogP contribution in [0.25, 0.3) is 0 Å². The molecule has 2 N–H and O–H groups in total. The number of amides is 2. The molecule has 0 aliphatic carbocycles. The number of halogens is 2. The predicted octanol–water partition coefficient (Wildman–Crippen LogP) is 3.74. The number of imide groups is 1. The quantitative estimate of drug-likeness (QED) is 0.773. The Bertz CT molecular complexity index is 929. The van der Waals surface area contributed by atoms with Crippen molar-refractivity contribution in [1.29, 1.82) is 0 Å². The largest absolute Gasteiger partial charge is 0.478 e. The number of carboxylic acids is 1. The van der Waals surface area contributed by atoms with Gasteiger partial charge in [-0.1, -0.05) is 29.3 Å². The van der Waals surface area contributed by atoms with E-state index in [1.807, 2.05) is 0 Å².